The molecule has 1 aliphatic rings. The number of thiazole rings is 1. The first kappa shape index (κ1) is 15.9. The summed E-state index contributed by atoms with van der Waals surface area (Å²) in [5, 5.41) is 11.5. The molecule has 0 saturated carbocycles. The summed E-state index contributed by atoms with van der Waals surface area (Å²) in [6.45, 7) is 3.97. The van der Waals surface area contributed by atoms with E-state index in [2.05, 4.69) is 32.1 Å². The van der Waals surface area contributed by atoms with Crippen LogP contribution in [0, 0.1) is 0 Å². The van der Waals surface area contributed by atoms with Gasteiger partial charge in [0.05, 0.1) is 17.8 Å². The molecule has 3 heterocycles. The second-order valence-electron chi connectivity index (χ2n) is 5.58. The Labute approximate surface area is 139 Å². The van der Waals surface area contributed by atoms with Gasteiger partial charge in [0.25, 0.3) is 0 Å². The summed E-state index contributed by atoms with van der Waals surface area (Å²) in [5.41, 5.74) is 1.40. The molecule has 0 aromatic carbocycles. The molecule has 1 atom stereocenters. The van der Waals surface area contributed by atoms with Crippen LogP contribution in [0.1, 0.15) is 46.9 Å². The van der Waals surface area contributed by atoms with Crippen molar-refractivity contribution in [3.63, 3.8) is 0 Å². The SMILES string of the molecule is CCc1csc([C@H]2CCCN(c3ccc(C(=O)OC)nn3)C2)n1. The van der Waals surface area contributed by atoms with Gasteiger partial charge in [0.2, 0.25) is 0 Å². The Bertz CT molecular complexity index is 671. The number of ether oxygens (including phenoxy) is 1. The summed E-state index contributed by atoms with van der Waals surface area (Å²) in [6.07, 6.45) is 3.24. The van der Waals surface area contributed by atoms with Crippen molar-refractivity contribution < 1.29 is 9.53 Å². The van der Waals surface area contributed by atoms with E-state index in [0.717, 1.165) is 38.2 Å². The first-order valence-corrected chi connectivity index (χ1v) is 8.70. The zero-order chi connectivity index (χ0) is 16.2. The molecule has 0 aliphatic carbocycles. The minimum Gasteiger partial charge on any atom is -0.464 e. The molecule has 3 rings (SSSR count). The highest BCUT2D eigenvalue weighted by Gasteiger charge is 2.25. The van der Waals surface area contributed by atoms with Crippen molar-refractivity contribution in [1.29, 1.82) is 0 Å². The average Bonchev–Trinajstić information content (AvgIpc) is 3.10. The fourth-order valence-electron chi connectivity index (χ4n) is 2.77. The van der Waals surface area contributed by atoms with Gasteiger partial charge >= 0.3 is 5.97 Å². The molecule has 23 heavy (non-hydrogen) atoms. The lowest BCUT2D eigenvalue weighted by Crippen LogP contribution is -2.35. The summed E-state index contributed by atoms with van der Waals surface area (Å²) in [6, 6.07) is 3.50. The molecule has 0 amide bonds. The maximum atomic E-state index is 11.4. The Morgan fingerprint density at radius 1 is 1.43 bits per heavy atom. The van der Waals surface area contributed by atoms with E-state index >= 15 is 0 Å². The lowest BCUT2D eigenvalue weighted by Gasteiger charge is -2.32. The number of carbonyl (C=O) groups is 1. The summed E-state index contributed by atoms with van der Waals surface area (Å²) < 4.78 is 4.65. The van der Waals surface area contributed by atoms with E-state index in [4.69, 9.17) is 4.98 Å². The van der Waals surface area contributed by atoms with Gasteiger partial charge in [-0.1, -0.05) is 6.92 Å². The van der Waals surface area contributed by atoms with Gasteiger partial charge in [0.15, 0.2) is 11.5 Å². The Balaban J connectivity index is 1.71. The third kappa shape index (κ3) is 3.50. The van der Waals surface area contributed by atoms with Gasteiger partial charge in [-0.3, -0.25) is 0 Å². The minimum absolute atomic E-state index is 0.234. The van der Waals surface area contributed by atoms with E-state index in [1.807, 2.05) is 6.07 Å². The van der Waals surface area contributed by atoms with Crippen LogP contribution in [-0.2, 0) is 11.2 Å². The van der Waals surface area contributed by atoms with Crippen molar-refractivity contribution in [3.05, 3.63) is 33.9 Å². The monoisotopic (exact) mass is 332 g/mol. The van der Waals surface area contributed by atoms with E-state index in [9.17, 15) is 4.79 Å². The fourth-order valence-corrected chi connectivity index (χ4v) is 3.80. The molecule has 0 unspecified atom stereocenters. The predicted molar refractivity (Wildman–Crippen MR) is 89.1 cm³/mol. The maximum Gasteiger partial charge on any atom is 0.358 e. The van der Waals surface area contributed by atoms with Crippen molar-refractivity contribution in [2.24, 2.45) is 0 Å². The largest absolute Gasteiger partial charge is 0.464 e. The molecule has 0 spiro atoms. The highest BCUT2D eigenvalue weighted by Crippen LogP contribution is 2.31. The molecule has 2 aromatic rings. The van der Waals surface area contributed by atoms with E-state index in [-0.39, 0.29) is 5.69 Å². The van der Waals surface area contributed by atoms with Crippen LogP contribution in [0.5, 0.6) is 0 Å². The number of aryl methyl sites for hydroxylation is 1. The highest BCUT2D eigenvalue weighted by molar-refractivity contribution is 7.09. The van der Waals surface area contributed by atoms with Gasteiger partial charge in [-0.25, -0.2) is 9.78 Å². The quantitative estimate of drug-likeness (QED) is 0.802. The molecule has 0 radical (unpaired) electrons. The Morgan fingerprint density at radius 2 is 2.30 bits per heavy atom. The first-order chi connectivity index (χ1) is 11.2. The number of rotatable bonds is 4. The molecule has 1 saturated heterocycles. The Hall–Kier alpha value is -2.02. The summed E-state index contributed by atoms with van der Waals surface area (Å²) in [7, 11) is 1.34. The fraction of sp³-hybridized carbons (Fsp3) is 0.500. The Morgan fingerprint density at radius 3 is 2.96 bits per heavy atom. The van der Waals surface area contributed by atoms with Crippen molar-refractivity contribution in [2.75, 3.05) is 25.1 Å². The van der Waals surface area contributed by atoms with Crippen LogP contribution in [0.2, 0.25) is 0 Å². The maximum absolute atomic E-state index is 11.4. The van der Waals surface area contributed by atoms with Crippen LogP contribution in [0.4, 0.5) is 5.82 Å². The van der Waals surface area contributed by atoms with Crippen molar-refractivity contribution in [2.45, 2.75) is 32.1 Å². The molecule has 0 N–H and O–H groups in total. The smallest absolute Gasteiger partial charge is 0.358 e. The van der Waals surface area contributed by atoms with E-state index in [1.54, 1.807) is 17.4 Å². The van der Waals surface area contributed by atoms with Gasteiger partial charge in [-0.2, -0.15) is 0 Å². The molecular formula is C16H20N4O2S. The third-order valence-electron chi connectivity index (χ3n) is 4.07. The van der Waals surface area contributed by atoms with Gasteiger partial charge in [-0.05, 0) is 31.4 Å². The van der Waals surface area contributed by atoms with E-state index in [0.29, 0.717) is 5.92 Å². The topological polar surface area (TPSA) is 68.2 Å². The number of hydrogen-bond donors (Lipinski definition) is 0. The molecule has 2 aromatic heterocycles. The normalized spacial score (nSPS) is 18.0. The van der Waals surface area contributed by atoms with Gasteiger partial charge < -0.3 is 9.64 Å². The number of hydrogen-bond acceptors (Lipinski definition) is 7. The van der Waals surface area contributed by atoms with E-state index < -0.39 is 5.97 Å². The second-order valence-corrected chi connectivity index (χ2v) is 6.47. The van der Waals surface area contributed by atoms with Crippen LogP contribution in [0.3, 0.4) is 0 Å². The molecule has 122 valence electrons. The zero-order valence-corrected chi connectivity index (χ0v) is 14.2. The molecule has 1 fully saturated rings. The van der Waals surface area contributed by atoms with Crippen LogP contribution in [-0.4, -0.2) is 41.3 Å². The van der Waals surface area contributed by atoms with Crippen LogP contribution < -0.4 is 4.90 Å². The first-order valence-electron chi connectivity index (χ1n) is 7.82. The van der Waals surface area contributed by atoms with Crippen molar-refractivity contribution >= 4 is 23.1 Å². The molecule has 7 heteroatoms. The summed E-state index contributed by atoms with van der Waals surface area (Å²) >= 11 is 1.75. The lowest BCUT2D eigenvalue weighted by molar-refractivity contribution is 0.0592. The predicted octanol–water partition coefficient (Wildman–Crippen LogP) is 2.67. The number of nitrogens with zero attached hydrogens (tertiary/aromatic N) is 4. The van der Waals surface area contributed by atoms with E-state index in [1.165, 1.54) is 17.8 Å². The standard InChI is InChI=1S/C16H20N4O2S/c1-3-12-10-23-15(17-12)11-5-4-8-20(9-11)14-7-6-13(18-19-14)16(21)22-2/h6-7,10-11H,3-5,8-9H2,1-2H3/t11-/m0/s1. The van der Waals surface area contributed by atoms with Gasteiger partial charge in [0.1, 0.15) is 0 Å². The molecule has 0 bridgehead atoms. The van der Waals surface area contributed by atoms with Gasteiger partial charge in [0, 0.05) is 24.4 Å². The number of aromatic nitrogens is 3. The lowest BCUT2D eigenvalue weighted by atomic mass is 9.99. The molecule has 6 nitrogen and oxygen atoms in total. The van der Waals surface area contributed by atoms with Crippen LogP contribution >= 0.6 is 11.3 Å². The van der Waals surface area contributed by atoms with Crippen molar-refractivity contribution in [1.82, 2.24) is 15.2 Å². The summed E-state index contributed by atoms with van der Waals surface area (Å²) in [5.74, 6) is 0.779. The minimum atomic E-state index is -0.463. The van der Waals surface area contributed by atoms with Crippen LogP contribution in [0.25, 0.3) is 0 Å². The number of piperidine rings is 1. The number of carbonyl (C=O) groups excluding carboxylic acids is 1. The molecular weight excluding hydrogens is 312 g/mol. The van der Waals surface area contributed by atoms with Crippen molar-refractivity contribution in [3.8, 4) is 0 Å². The van der Waals surface area contributed by atoms with Crippen LogP contribution in [0.15, 0.2) is 17.5 Å². The second kappa shape index (κ2) is 7.04. The summed E-state index contributed by atoms with van der Waals surface area (Å²) in [4.78, 5) is 18.4. The third-order valence-corrected chi connectivity index (χ3v) is 5.13. The Kier molecular flexibility index (Phi) is 4.85. The highest BCUT2D eigenvalue weighted by atomic mass is 32.1. The molecule has 1 aliphatic heterocycles. The average molecular weight is 332 g/mol. The van der Waals surface area contributed by atoms with Gasteiger partial charge in [-0.15, -0.1) is 21.5 Å². The number of methoxy groups -OCH3 is 1. The number of anilines is 1. The number of esters is 1. The zero-order valence-electron chi connectivity index (χ0n) is 13.4.